The lowest BCUT2D eigenvalue weighted by Crippen LogP contribution is -2.54. The van der Waals surface area contributed by atoms with Gasteiger partial charge in [-0.2, -0.15) is 5.10 Å². The number of hydrogen-bond donors (Lipinski definition) is 1. The normalized spacial score (nSPS) is 45.8. The van der Waals surface area contributed by atoms with Crippen LogP contribution in [0.3, 0.4) is 0 Å². The van der Waals surface area contributed by atoms with Crippen LogP contribution in [-0.2, 0) is 11.8 Å². The van der Waals surface area contributed by atoms with Gasteiger partial charge in [0.15, 0.2) is 5.78 Å². The molecule has 0 amide bonds. The third-order valence-electron chi connectivity index (χ3n) is 9.88. The van der Waals surface area contributed by atoms with Crippen molar-refractivity contribution >= 4 is 11.9 Å². The molecule has 4 aliphatic rings. The van der Waals surface area contributed by atoms with Crippen molar-refractivity contribution in [3.05, 3.63) is 23.0 Å². The Kier molecular flexibility index (Phi) is 4.40. The Morgan fingerprint density at radius 2 is 1.97 bits per heavy atom. The number of carbonyl (C=O) groups is 1. The quantitative estimate of drug-likeness (QED) is 0.701. The van der Waals surface area contributed by atoms with Gasteiger partial charge in [0.1, 0.15) is 0 Å². The summed E-state index contributed by atoms with van der Waals surface area (Å²) in [5.41, 5.74) is 3.42. The molecule has 0 unspecified atom stereocenters. The molecule has 1 aromatic rings. The van der Waals surface area contributed by atoms with E-state index in [4.69, 9.17) is 0 Å². The van der Waals surface area contributed by atoms with Crippen molar-refractivity contribution in [2.45, 2.75) is 78.2 Å². The number of aromatic nitrogens is 2. The van der Waals surface area contributed by atoms with Crippen molar-refractivity contribution in [1.29, 1.82) is 0 Å². The lowest BCUT2D eigenvalue weighted by molar-refractivity contribution is -0.141. The molecule has 158 valence electrons. The van der Waals surface area contributed by atoms with Gasteiger partial charge in [-0.3, -0.25) is 9.48 Å². The number of carbonyl (C=O) groups excluding carboxylic acids is 1. The van der Waals surface area contributed by atoms with Crippen molar-refractivity contribution in [2.75, 3.05) is 0 Å². The van der Waals surface area contributed by atoms with E-state index in [1.807, 2.05) is 17.9 Å². The van der Waals surface area contributed by atoms with E-state index in [1.54, 1.807) is 0 Å². The van der Waals surface area contributed by atoms with E-state index in [2.05, 4.69) is 31.9 Å². The van der Waals surface area contributed by atoms with E-state index in [1.165, 1.54) is 19.3 Å². The summed E-state index contributed by atoms with van der Waals surface area (Å²) in [7, 11) is 1.96. The highest BCUT2D eigenvalue weighted by Gasteiger charge is 2.61. The molecule has 0 radical (unpaired) electrons. The summed E-state index contributed by atoms with van der Waals surface area (Å²) in [6.07, 6.45) is 12.7. The number of aryl methyl sites for hydroxylation is 1. The molecule has 0 bridgehead atoms. The minimum absolute atomic E-state index is 0.0937. The first-order valence-electron chi connectivity index (χ1n) is 11.7. The fraction of sp³-hybridized carbons (Fsp3) is 0.760. The Bertz CT molecular complexity index is 870. The predicted octanol–water partition coefficient (Wildman–Crippen LogP) is 4.69. The second kappa shape index (κ2) is 6.54. The van der Waals surface area contributed by atoms with Gasteiger partial charge >= 0.3 is 0 Å². The summed E-state index contributed by atoms with van der Waals surface area (Å²) < 4.78 is 1.89. The number of hydrogen-bond acceptors (Lipinski definition) is 3. The number of nitrogens with zero attached hydrogens (tertiary/aromatic N) is 2. The largest absolute Gasteiger partial charge is 0.393 e. The molecular weight excluding hydrogens is 360 g/mol. The van der Waals surface area contributed by atoms with E-state index in [9.17, 15) is 9.90 Å². The lowest BCUT2D eigenvalue weighted by Gasteiger charge is -2.59. The van der Waals surface area contributed by atoms with Crippen molar-refractivity contribution < 1.29 is 9.90 Å². The van der Waals surface area contributed by atoms with E-state index in [0.717, 1.165) is 54.9 Å². The maximum absolute atomic E-state index is 13.5. The molecule has 0 aromatic carbocycles. The van der Waals surface area contributed by atoms with Crippen LogP contribution < -0.4 is 0 Å². The molecule has 0 spiro atoms. The van der Waals surface area contributed by atoms with Crippen LogP contribution >= 0.6 is 0 Å². The highest BCUT2D eigenvalue weighted by atomic mass is 16.3. The molecule has 5 rings (SSSR count). The summed E-state index contributed by atoms with van der Waals surface area (Å²) in [6, 6.07) is 0. The van der Waals surface area contributed by atoms with E-state index < -0.39 is 0 Å². The first-order valence-corrected chi connectivity index (χ1v) is 11.7. The van der Waals surface area contributed by atoms with Crippen LogP contribution in [0.2, 0.25) is 0 Å². The van der Waals surface area contributed by atoms with E-state index >= 15 is 0 Å². The third kappa shape index (κ3) is 2.74. The van der Waals surface area contributed by atoms with Gasteiger partial charge in [0.2, 0.25) is 0 Å². The Balaban J connectivity index is 1.46. The molecule has 0 saturated heterocycles. The molecule has 4 fully saturated rings. The number of fused-ring (bicyclic) bond motifs is 5. The van der Waals surface area contributed by atoms with Crippen LogP contribution in [0.25, 0.3) is 6.08 Å². The molecule has 4 aliphatic carbocycles. The molecule has 4 heteroatoms. The lowest BCUT2D eigenvalue weighted by atomic mass is 9.45. The monoisotopic (exact) mass is 396 g/mol. The van der Waals surface area contributed by atoms with Gasteiger partial charge in [0, 0.05) is 23.7 Å². The van der Waals surface area contributed by atoms with Crippen LogP contribution in [0.5, 0.6) is 0 Å². The number of Topliss-reactive ketones (excluding diaryl/α,β-unsaturated/α-hetero) is 1. The molecule has 7 atom stereocenters. The topological polar surface area (TPSA) is 55.1 Å². The average molecular weight is 397 g/mol. The molecule has 1 N–H and O–H groups in total. The average Bonchev–Trinajstić information content (AvgIpc) is 3.14. The minimum Gasteiger partial charge on any atom is -0.393 e. The van der Waals surface area contributed by atoms with Gasteiger partial charge in [-0.15, -0.1) is 0 Å². The zero-order chi connectivity index (χ0) is 20.6. The van der Waals surface area contributed by atoms with Gasteiger partial charge < -0.3 is 5.11 Å². The zero-order valence-corrected chi connectivity index (χ0v) is 18.4. The molecule has 1 heterocycles. The molecule has 0 aliphatic heterocycles. The number of rotatable bonds is 1. The molecular formula is C25H36N2O2. The highest BCUT2D eigenvalue weighted by molar-refractivity contribution is 6.06. The van der Waals surface area contributed by atoms with Crippen molar-refractivity contribution in [3.63, 3.8) is 0 Å². The van der Waals surface area contributed by atoms with Crippen molar-refractivity contribution in [1.82, 2.24) is 9.78 Å². The van der Waals surface area contributed by atoms with E-state index in [0.29, 0.717) is 29.0 Å². The molecule has 4 nitrogen and oxygen atoms in total. The van der Waals surface area contributed by atoms with Gasteiger partial charge in [0.25, 0.3) is 0 Å². The summed E-state index contributed by atoms with van der Waals surface area (Å²) in [5.74, 6) is 2.94. The number of ketones is 1. The Morgan fingerprint density at radius 3 is 2.69 bits per heavy atom. The van der Waals surface area contributed by atoms with Gasteiger partial charge in [-0.1, -0.05) is 13.8 Å². The van der Waals surface area contributed by atoms with Gasteiger partial charge in [-0.25, -0.2) is 0 Å². The van der Waals surface area contributed by atoms with Crippen molar-refractivity contribution in [2.24, 2.45) is 41.5 Å². The Morgan fingerprint density at radius 1 is 1.17 bits per heavy atom. The molecule has 4 saturated carbocycles. The molecule has 29 heavy (non-hydrogen) atoms. The summed E-state index contributed by atoms with van der Waals surface area (Å²) >= 11 is 0. The number of allylic oxidation sites excluding steroid dienone is 1. The smallest absolute Gasteiger partial charge is 0.165 e. The van der Waals surface area contributed by atoms with Gasteiger partial charge in [0.05, 0.1) is 12.3 Å². The van der Waals surface area contributed by atoms with Crippen LogP contribution in [0.4, 0.5) is 0 Å². The van der Waals surface area contributed by atoms with Crippen LogP contribution in [0.1, 0.15) is 76.5 Å². The minimum atomic E-state index is -0.180. The first-order chi connectivity index (χ1) is 13.7. The first kappa shape index (κ1) is 19.5. The zero-order valence-electron chi connectivity index (χ0n) is 18.4. The van der Waals surface area contributed by atoms with Crippen LogP contribution in [0, 0.1) is 41.4 Å². The van der Waals surface area contributed by atoms with Gasteiger partial charge in [-0.05, 0) is 99.0 Å². The predicted molar refractivity (Wildman–Crippen MR) is 114 cm³/mol. The molecule has 1 aromatic heterocycles. The fourth-order valence-electron chi connectivity index (χ4n) is 7.88. The summed E-state index contributed by atoms with van der Waals surface area (Å²) in [5, 5.41) is 14.6. The standard InChI is InChI=1S/C25H36N2O2/c1-15-17(14-26-27(15)4)11-16-12-22-20-6-5-18-13-19(28)7-9-24(18,2)21(20)8-10-25(22,3)23(16)29/h11,14,18-22,28H,5-10,12-13H2,1-4H3/b16-11-/t18-,19+,20-,21+,22+,24-,25+/m0/s1. The summed E-state index contributed by atoms with van der Waals surface area (Å²) in [4.78, 5) is 13.5. The maximum Gasteiger partial charge on any atom is 0.165 e. The van der Waals surface area contributed by atoms with Crippen molar-refractivity contribution in [3.8, 4) is 0 Å². The second-order valence-corrected chi connectivity index (χ2v) is 11.1. The highest BCUT2D eigenvalue weighted by Crippen LogP contribution is 2.66. The Hall–Kier alpha value is -1.42. The third-order valence-corrected chi connectivity index (χ3v) is 9.88. The maximum atomic E-state index is 13.5. The fourth-order valence-corrected chi connectivity index (χ4v) is 7.88. The number of aliphatic hydroxyl groups is 1. The van der Waals surface area contributed by atoms with E-state index in [-0.39, 0.29) is 11.5 Å². The Labute approximate surface area is 174 Å². The van der Waals surface area contributed by atoms with Crippen LogP contribution in [-0.4, -0.2) is 26.8 Å². The second-order valence-electron chi connectivity index (χ2n) is 11.1. The summed E-state index contributed by atoms with van der Waals surface area (Å²) in [6.45, 7) is 6.84. The number of aliphatic hydroxyl groups excluding tert-OH is 1. The van der Waals surface area contributed by atoms with Crippen LogP contribution in [0.15, 0.2) is 11.8 Å². The SMILES string of the molecule is Cc1c(/C=C2/C[C@@H]3[C@H]4CC[C@H]5C[C@H](O)CC[C@]5(C)[C@@H]4CC[C@@]3(C)C2=O)cnn1C.